The Bertz CT molecular complexity index is 1060. The van der Waals surface area contributed by atoms with E-state index in [2.05, 4.69) is 20.8 Å². The number of H-pyrrole nitrogens is 1. The van der Waals surface area contributed by atoms with Crippen LogP contribution in [0.5, 0.6) is 0 Å². The van der Waals surface area contributed by atoms with Gasteiger partial charge in [-0.15, -0.1) is 11.3 Å². The summed E-state index contributed by atoms with van der Waals surface area (Å²) in [6.07, 6.45) is 5.52. The zero-order valence-electron chi connectivity index (χ0n) is 14.2. The van der Waals surface area contributed by atoms with Crippen molar-refractivity contribution in [3.05, 3.63) is 45.0 Å². The topological polar surface area (TPSA) is 117 Å². The van der Waals surface area contributed by atoms with Gasteiger partial charge in [-0.3, -0.25) is 25.2 Å². The normalized spacial score (nSPS) is 13.3. The monoisotopic (exact) mass is 404 g/mol. The van der Waals surface area contributed by atoms with Crippen molar-refractivity contribution >= 4 is 45.1 Å². The summed E-state index contributed by atoms with van der Waals surface area (Å²) in [6.45, 7) is 0. The van der Waals surface area contributed by atoms with Gasteiger partial charge in [-0.2, -0.15) is 0 Å². The summed E-state index contributed by atoms with van der Waals surface area (Å²) in [7, 11) is 0. The number of fused-ring (bicyclic) bond motifs is 3. The van der Waals surface area contributed by atoms with E-state index in [-0.39, 0.29) is 17.1 Å². The Kier molecular flexibility index (Phi) is 4.99. The largest absolute Gasteiger partial charge is 0.459 e. The van der Waals surface area contributed by atoms with Crippen LogP contribution in [0.2, 0.25) is 0 Å². The third-order valence-corrected chi connectivity index (χ3v) is 6.26. The highest BCUT2D eigenvalue weighted by molar-refractivity contribution is 7.99. The molecular formula is C17H16N4O4S2. The summed E-state index contributed by atoms with van der Waals surface area (Å²) in [5, 5.41) is 1.08. The van der Waals surface area contributed by atoms with Crippen LogP contribution >= 0.6 is 23.1 Å². The van der Waals surface area contributed by atoms with E-state index >= 15 is 0 Å². The second kappa shape index (κ2) is 7.57. The van der Waals surface area contributed by atoms with Gasteiger partial charge in [0, 0.05) is 4.88 Å². The van der Waals surface area contributed by atoms with Gasteiger partial charge in [0.05, 0.1) is 17.4 Å². The van der Waals surface area contributed by atoms with E-state index in [1.165, 1.54) is 17.2 Å². The second-order valence-corrected chi connectivity index (χ2v) is 8.08. The second-order valence-electron chi connectivity index (χ2n) is 6.03. The van der Waals surface area contributed by atoms with E-state index in [1.54, 1.807) is 17.4 Å². The molecule has 3 heterocycles. The molecule has 0 radical (unpaired) electrons. The molecule has 0 bridgehead atoms. The number of hydrogen-bond donors (Lipinski definition) is 3. The predicted octanol–water partition coefficient (Wildman–Crippen LogP) is 2.01. The lowest BCUT2D eigenvalue weighted by Gasteiger charge is -2.09. The fraction of sp³-hybridized carbons (Fsp3) is 0.294. The number of hydrogen-bond acceptors (Lipinski definition) is 7. The van der Waals surface area contributed by atoms with Gasteiger partial charge < -0.3 is 9.40 Å². The lowest BCUT2D eigenvalue weighted by atomic mass is 9.97. The van der Waals surface area contributed by atoms with E-state index in [0.29, 0.717) is 10.5 Å². The van der Waals surface area contributed by atoms with Crippen molar-refractivity contribution < 1.29 is 14.0 Å². The first-order chi connectivity index (χ1) is 13.1. The molecule has 3 aromatic heterocycles. The molecule has 3 aromatic rings. The number of rotatable bonds is 4. The van der Waals surface area contributed by atoms with Gasteiger partial charge in [0.2, 0.25) is 5.91 Å². The van der Waals surface area contributed by atoms with Crippen LogP contribution < -0.4 is 16.4 Å². The zero-order valence-corrected chi connectivity index (χ0v) is 15.8. The fourth-order valence-electron chi connectivity index (χ4n) is 2.98. The highest BCUT2D eigenvalue weighted by Crippen LogP contribution is 2.34. The highest BCUT2D eigenvalue weighted by atomic mass is 32.2. The molecule has 1 aliphatic carbocycles. The maximum Gasteiger partial charge on any atom is 0.305 e. The maximum absolute atomic E-state index is 12.5. The van der Waals surface area contributed by atoms with Crippen molar-refractivity contribution in [1.82, 2.24) is 20.8 Å². The smallest absolute Gasteiger partial charge is 0.305 e. The van der Waals surface area contributed by atoms with Crippen LogP contribution in [-0.2, 0) is 17.6 Å². The summed E-state index contributed by atoms with van der Waals surface area (Å²) in [4.78, 5) is 45.3. The summed E-state index contributed by atoms with van der Waals surface area (Å²) < 4.78 is 4.93. The van der Waals surface area contributed by atoms with E-state index in [0.717, 1.165) is 47.8 Å². The summed E-state index contributed by atoms with van der Waals surface area (Å²) >= 11 is 2.67. The molecule has 0 fully saturated rings. The average Bonchev–Trinajstić information content (AvgIpc) is 3.32. The Labute approximate surface area is 161 Å². The summed E-state index contributed by atoms with van der Waals surface area (Å²) in [6, 6.07) is 3.06. The van der Waals surface area contributed by atoms with Crippen LogP contribution in [0.25, 0.3) is 10.2 Å². The highest BCUT2D eigenvalue weighted by Gasteiger charge is 2.20. The molecule has 8 nitrogen and oxygen atoms in total. The third kappa shape index (κ3) is 3.76. The van der Waals surface area contributed by atoms with Crippen LogP contribution in [-0.4, -0.2) is 27.5 Å². The minimum absolute atomic E-state index is 0.00201. The molecule has 0 atom stereocenters. The Balaban J connectivity index is 1.39. The van der Waals surface area contributed by atoms with Crippen LogP contribution in [0.1, 0.15) is 33.8 Å². The number of nitrogens with one attached hydrogen (secondary N) is 3. The van der Waals surface area contributed by atoms with Crippen molar-refractivity contribution in [3.8, 4) is 0 Å². The molecule has 0 saturated heterocycles. The predicted molar refractivity (Wildman–Crippen MR) is 102 cm³/mol. The van der Waals surface area contributed by atoms with Gasteiger partial charge in [-0.05, 0) is 43.4 Å². The minimum atomic E-state index is -0.546. The van der Waals surface area contributed by atoms with Gasteiger partial charge in [0.15, 0.2) is 10.9 Å². The number of carbonyl (C=O) groups excluding carboxylic acids is 2. The average molecular weight is 404 g/mol. The third-order valence-electron chi connectivity index (χ3n) is 4.20. The molecule has 27 heavy (non-hydrogen) atoms. The number of carbonyl (C=O) groups is 2. The minimum Gasteiger partial charge on any atom is -0.459 e. The van der Waals surface area contributed by atoms with Crippen molar-refractivity contribution in [3.63, 3.8) is 0 Å². The van der Waals surface area contributed by atoms with Gasteiger partial charge in [0.1, 0.15) is 4.83 Å². The fourth-order valence-corrected chi connectivity index (χ4v) is 4.96. The molecule has 1 aliphatic rings. The number of aromatic amines is 1. The quantitative estimate of drug-likeness (QED) is 0.348. The van der Waals surface area contributed by atoms with Crippen molar-refractivity contribution in [2.24, 2.45) is 0 Å². The molecule has 3 N–H and O–H groups in total. The Morgan fingerprint density at radius 3 is 2.96 bits per heavy atom. The number of amides is 2. The lowest BCUT2D eigenvalue weighted by Crippen LogP contribution is -2.42. The molecule has 2 amide bonds. The van der Waals surface area contributed by atoms with E-state index in [9.17, 15) is 14.4 Å². The summed E-state index contributed by atoms with van der Waals surface area (Å²) in [5.74, 6) is -0.873. The van der Waals surface area contributed by atoms with E-state index < -0.39 is 11.8 Å². The Morgan fingerprint density at radius 1 is 1.30 bits per heavy atom. The molecule has 0 spiro atoms. The van der Waals surface area contributed by atoms with E-state index in [1.807, 2.05) is 0 Å². The first-order valence-electron chi connectivity index (χ1n) is 8.42. The number of aromatic nitrogens is 2. The van der Waals surface area contributed by atoms with Crippen molar-refractivity contribution in [1.29, 1.82) is 0 Å². The molecule has 0 saturated carbocycles. The molecule has 10 heteroatoms. The number of furan rings is 1. The molecular weight excluding hydrogens is 388 g/mol. The van der Waals surface area contributed by atoms with Gasteiger partial charge >= 0.3 is 5.91 Å². The standard InChI is InChI=1S/C17H16N4O4S2/c22-12(20-21-14(23)10-5-3-7-25-10)8-26-17-18-15(24)13-9-4-1-2-6-11(9)27-16(13)19-17/h3,5,7H,1-2,4,6,8H2,(H,20,22)(H,21,23)(H,18,19,24). The van der Waals surface area contributed by atoms with Crippen LogP contribution in [0.4, 0.5) is 0 Å². The lowest BCUT2D eigenvalue weighted by molar-refractivity contribution is -0.119. The first kappa shape index (κ1) is 17.8. The van der Waals surface area contributed by atoms with Crippen LogP contribution in [0.15, 0.2) is 32.8 Å². The maximum atomic E-state index is 12.5. The molecule has 4 rings (SSSR count). The number of aryl methyl sites for hydroxylation is 2. The number of thiophene rings is 1. The Hall–Kier alpha value is -2.59. The van der Waals surface area contributed by atoms with Crippen LogP contribution in [0, 0.1) is 0 Å². The van der Waals surface area contributed by atoms with Crippen molar-refractivity contribution in [2.45, 2.75) is 30.8 Å². The SMILES string of the molecule is O=C(CSc1nc2sc3c(c2c(=O)[nH]1)CCCC3)NNC(=O)c1ccco1. The number of hydrazine groups is 1. The Morgan fingerprint density at radius 2 is 2.15 bits per heavy atom. The van der Waals surface area contributed by atoms with E-state index in [4.69, 9.17) is 4.42 Å². The van der Waals surface area contributed by atoms with Gasteiger partial charge in [-0.1, -0.05) is 11.8 Å². The van der Waals surface area contributed by atoms with Crippen LogP contribution in [0.3, 0.4) is 0 Å². The molecule has 0 aliphatic heterocycles. The number of nitrogens with zero attached hydrogens (tertiary/aromatic N) is 1. The zero-order chi connectivity index (χ0) is 18.8. The molecule has 0 aromatic carbocycles. The van der Waals surface area contributed by atoms with Gasteiger partial charge in [0.25, 0.3) is 5.56 Å². The summed E-state index contributed by atoms with van der Waals surface area (Å²) in [5.41, 5.74) is 5.53. The number of thioether (sulfide) groups is 1. The molecule has 140 valence electrons. The van der Waals surface area contributed by atoms with Gasteiger partial charge in [-0.25, -0.2) is 4.98 Å². The van der Waals surface area contributed by atoms with Crippen molar-refractivity contribution in [2.75, 3.05) is 5.75 Å². The molecule has 0 unspecified atom stereocenters. The first-order valence-corrected chi connectivity index (χ1v) is 10.2.